The maximum absolute atomic E-state index is 15.5. The second kappa shape index (κ2) is 24.6. The first kappa shape index (κ1) is 62.5. The van der Waals surface area contributed by atoms with Gasteiger partial charge in [0.1, 0.15) is 0 Å². The predicted octanol–water partition coefficient (Wildman–Crippen LogP) is 17.1. The highest BCUT2D eigenvalue weighted by atomic mass is 19.4. The molecule has 0 aliphatic heterocycles. The van der Waals surface area contributed by atoms with Gasteiger partial charge in [-0.05, 0) is 167 Å². The molecule has 2 aromatic heterocycles. The van der Waals surface area contributed by atoms with Gasteiger partial charge in [-0.3, -0.25) is 0 Å². The van der Waals surface area contributed by atoms with E-state index in [1.165, 1.54) is 72.8 Å². The molecular formula is C81H29F3N16. The second-order valence-corrected chi connectivity index (χ2v) is 22.7. The summed E-state index contributed by atoms with van der Waals surface area (Å²) in [4.78, 5) is 0. The van der Waals surface area contributed by atoms with E-state index >= 15 is 13.2 Å². The Morgan fingerprint density at radius 1 is 0.230 bits per heavy atom. The van der Waals surface area contributed by atoms with Gasteiger partial charge in [-0.15, -0.1) is 0 Å². The lowest BCUT2D eigenvalue weighted by Gasteiger charge is -2.21. The van der Waals surface area contributed by atoms with E-state index in [0.29, 0.717) is 77.1 Å². The molecule has 454 valence electrons. The smallest absolute Gasteiger partial charge is 0.309 e. The largest absolute Gasteiger partial charge is 0.417 e. The van der Waals surface area contributed by atoms with Gasteiger partial charge in [-0.2, -0.15) is 86.8 Å². The van der Waals surface area contributed by atoms with Crippen LogP contribution in [0.5, 0.6) is 0 Å². The minimum Gasteiger partial charge on any atom is -0.309 e. The molecule has 100 heavy (non-hydrogen) atoms. The van der Waals surface area contributed by atoms with Crippen molar-refractivity contribution < 1.29 is 13.2 Å². The summed E-state index contributed by atoms with van der Waals surface area (Å²) < 4.78 is 50.1. The van der Waals surface area contributed by atoms with Gasteiger partial charge in [0, 0.05) is 54.9 Å². The van der Waals surface area contributed by atoms with E-state index in [2.05, 4.69) is 54.6 Å². The highest BCUT2D eigenvalue weighted by Crippen LogP contribution is 2.48. The van der Waals surface area contributed by atoms with Crippen molar-refractivity contribution in [2.75, 3.05) is 0 Å². The molecule has 11 aromatic carbocycles. The van der Waals surface area contributed by atoms with Crippen LogP contribution >= 0.6 is 0 Å². The summed E-state index contributed by atoms with van der Waals surface area (Å²) in [6.07, 6.45) is -5.00. The van der Waals surface area contributed by atoms with Crippen molar-refractivity contribution in [3.05, 3.63) is 259 Å². The van der Waals surface area contributed by atoms with E-state index in [4.69, 9.17) is 0 Å². The van der Waals surface area contributed by atoms with E-state index in [-0.39, 0.29) is 123 Å². The van der Waals surface area contributed by atoms with Crippen molar-refractivity contribution in [2.45, 2.75) is 6.18 Å². The third kappa shape index (κ3) is 10.2. The van der Waals surface area contributed by atoms with Crippen molar-refractivity contribution in [2.24, 2.45) is 0 Å². The van der Waals surface area contributed by atoms with Crippen LogP contribution in [0.4, 0.5) is 13.2 Å². The first-order valence-electron chi connectivity index (χ1n) is 29.6. The highest BCUT2D eigenvalue weighted by Gasteiger charge is 2.35. The summed E-state index contributed by atoms with van der Waals surface area (Å²) in [6.45, 7) is 0. The molecule has 0 bridgehead atoms. The fourth-order valence-corrected chi connectivity index (χ4v) is 13.2. The minimum atomic E-state index is -5.00. The number of hydrogen-bond donors (Lipinski definition) is 0. The Morgan fingerprint density at radius 3 is 0.810 bits per heavy atom. The third-order valence-corrected chi connectivity index (χ3v) is 17.4. The molecule has 0 aliphatic rings. The van der Waals surface area contributed by atoms with E-state index in [0.717, 1.165) is 6.07 Å². The van der Waals surface area contributed by atoms with Crippen molar-refractivity contribution in [3.8, 4) is 163 Å². The molecule has 0 amide bonds. The zero-order valence-electron chi connectivity index (χ0n) is 51.0. The van der Waals surface area contributed by atoms with Gasteiger partial charge >= 0.3 is 6.18 Å². The van der Waals surface area contributed by atoms with Gasteiger partial charge in [-0.25, -0.2) is 0 Å². The van der Waals surface area contributed by atoms with Crippen molar-refractivity contribution in [1.29, 1.82) is 73.7 Å². The maximum atomic E-state index is 15.5. The SMILES string of the molecule is N#Cc1cc(C#N)c(-c2ccc3c(c2)c2cc(-c4c(C#N)cc(C#N)cc4C#N)ccc2n3-c2ccc(C#N)cc2-c2ccc(-c3ccc(C#N)cc3C(F)(F)F)cc2-n2c3ccc(-c4c(C#N)cc(C#N)cc4C#N)cc3c3cc(-c4c(C#N)cc(C#N)cc4C#N)ccc32)c(C#N)c1. The molecule has 0 saturated carbocycles. The molecule has 0 radical (unpaired) electrons. The summed E-state index contributed by atoms with van der Waals surface area (Å²) >= 11 is 0. The summed E-state index contributed by atoms with van der Waals surface area (Å²) in [5.74, 6) is 0. The number of nitrogens with zero attached hydrogens (tertiary/aromatic N) is 16. The normalized spacial score (nSPS) is 10.6. The van der Waals surface area contributed by atoms with Crippen LogP contribution in [0, 0.1) is 159 Å². The predicted molar refractivity (Wildman–Crippen MR) is 359 cm³/mol. The Morgan fingerprint density at radius 2 is 0.510 bits per heavy atom. The van der Waals surface area contributed by atoms with Crippen molar-refractivity contribution in [3.63, 3.8) is 0 Å². The molecule has 13 aromatic rings. The zero-order chi connectivity index (χ0) is 70.4. The fourth-order valence-electron chi connectivity index (χ4n) is 13.2. The molecule has 0 saturated heterocycles. The standard InChI is InChI=1S/C81H29F3N16/c82-81(83,84)70-24-45(31-86)1-8-63(70)50-3-9-64(76(29-50)100-74-13-6-53(79-59(40-95)19-48(34-89)20-60(79)41-96)27-68(74)69-28-54(7-14-75(69)100)80-61(42-97)21-49(35-90)22-62(80)43-98)65-23-44(30-85)2-10-71(65)99-72-11-4-51(77-55(36-91)15-46(32-87)16-56(77)37-92)25-66(72)67-26-52(5-12-73(67)99)78-57(38-93)17-47(33-88)18-58(78)39-94/h1-29H. The van der Waals surface area contributed by atoms with Crippen LogP contribution in [-0.4, -0.2) is 9.13 Å². The highest BCUT2D eigenvalue weighted by molar-refractivity contribution is 6.15. The van der Waals surface area contributed by atoms with Crippen LogP contribution in [0.25, 0.3) is 122 Å². The lowest BCUT2D eigenvalue weighted by molar-refractivity contribution is -0.137. The van der Waals surface area contributed by atoms with Gasteiger partial charge in [0.25, 0.3) is 0 Å². The molecular weight excluding hydrogens is 1250 g/mol. The van der Waals surface area contributed by atoms with Crippen molar-refractivity contribution >= 4 is 43.6 Å². The first-order chi connectivity index (χ1) is 48.5. The lowest BCUT2D eigenvalue weighted by atomic mass is 9.91. The van der Waals surface area contributed by atoms with Crippen LogP contribution in [-0.2, 0) is 6.18 Å². The third-order valence-electron chi connectivity index (χ3n) is 17.4. The van der Waals surface area contributed by atoms with Crippen LogP contribution in [0.2, 0.25) is 0 Å². The number of rotatable bonds is 8. The summed E-state index contributed by atoms with van der Waals surface area (Å²) in [5, 5.41) is 147. The van der Waals surface area contributed by atoms with Gasteiger partial charge in [-0.1, -0.05) is 42.5 Å². The Balaban J connectivity index is 1.18. The maximum Gasteiger partial charge on any atom is 0.417 e. The molecule has 2 heterocycles. The lowest BCUT2D eigenvalue weighted by Crippen LogP contribution is -2.08. The fraction of sp³-hybridized carbons (Fsp3) is 0.0123. The van der Waals surface area contributed by atoms with Crippen molar-refractivity contribution in [1.82, 2.24) is 9.13 Å². The molecule has 13 rings (SSSR count). The van der Waals surface area contributed by atoms with Gasteiger partial charge in [0.05, 0.1) is 202 Å². The van der Waals surface area contributed by atoms with Gasteiger partial charge in [0.15, 0.2) is 0 Å². The molecule has 19 heteroatoms. The number of halogens is 3. The Bertz CT molecular complexity index is 6150. The number of alkyl halides is 3. The summed E-state index contributed by atoms with van der Waals surface area (Å²) in [6, 6.07) is 72.6. The molecule has 0 N–H and O–H groups in total. The minimum absolute atomic E-state index is 0.00564. The van der Waals surface area contributed by atoms with Crippen LogP contribution in [0.1, 0.15) is 83.5 Å². The van der Waals surface area contributed by atoms with E-state index in [1.807, 2.05) is 28.8 Å². The number of hydrogen-bond acceptors (Lipinski definition) is 14. The molecule has 0 unspecified atom stereocenters. The Hall–Kier alpha value is -16.3. The topological polar surface area (TPSA) is 343 Å². The van der Waals surface area contributed by atoms with Gasteiger partial charge in [0.2, 0.25) is 0 Å². The van der Waals surface area contributed by atoms with E-state index in [1.54, 1.807) is 108 Å². The van der Waals surface area contributed by atoms with Crippen LogP contribution < -0.4 is 0 Å². The molecule has 0 spiro atoms. The van der Waals surface area contributed by atoms with E-state index in [9.17, 15) is 73.7 Å². The summed E-state index contributed by atoms with van der Waals surface area (Å²) in [5.41, 5.74) is 3.52. The van der Waals surface area contributed by atoms with Gasteiger partial charge < -0.3 is 9.13 Å². The molecule has 16 nitrogen and oxygen atoms in total. The Labute approximate surface area is 565 Å². The first-order valence-corrected chi connectivity index (χ1v) is 29.6. The quantitative estimate of drug-likeness (QED) is 0.136. The number of fused-ring (bicyclic) bond motifs is 6. The average Bonchev–Trinajstić information content (AvgIpc) is 1.56. The van der Waals surface area contributed by atoms with Crippen LogP contribution in [0.3, 0.4) is 0 Å². The summed E-state index contributed by atoms with van der Waals surface area (Å²) in [7, 11) is 0. The second-order valence-electron chi connectivity index (χ2n) is 22.7. The molecule has 0 atom stereocenters. The number of nitriles is 14. The van der Waals surface area contributed by atoms with E-state index < -0.39 is 11.7 Å². The Kier molecular flexibility index (Phi) is 15.4. The molecule has 0 fully saturated rings. The monoisotopic (exact) mass is 1280 g/mol. The number of benzene rings is 11. The average molecular weight is 1280 g/mol. The van der Waals surface area contributed by atoms with Crippen LogP contribution in [0.15, 0.2) is 176 Å². The number of aromatic nitrogens is 2. The molecule has 0 aliphatic carbocycles. The zero-order valence-corrected chi connectivity index (χ0v) is 51.0.